The van der Waals surface area contributed by atoms with Gasteiger partial charge in [0.1, 0.15) is 5.75 Å². The molecule has 2 aromatic rings. The summed E-state index contributed by atoms with van der Waals surface area (Å²) in [4.78, 5) is 5.45. The molecule has 0 aliphatic heterocycles. The smallest absolute Gasteiger partial charge is 0.180 e. The summed E-state index contributed by atoms with van der Waals surface area (Å²) in [5.41, 5.74) is 7.72. The van der Waals surface area contributed by atoms with Gasteiger partial charge < -0.3 is 27.5 Å². The Morgan fingerprint density at radius 1 is 1.29 bits per heavy atom. The first kappa shape index (κ1) is 14.0. The minimum Gasteiger partial charge on any atom is -1.00 e. The summed E-state index contributed by atoms with van der Waals surface area (Å²) in [5, 5.41) is 0.612. The Bertz CT molecular complexity index is 482. The van der Waals surface area contributed by atoms with Crippen LogP contribution < -0.4 is 27.5 Å². The highest BCUT2D eigenvalue weighted by Gasteiger charge is 2.07. The fourth-order valence-electron chi connectivity index (χ4n) is 1.56. The van der Waals surface area contributed by atoms with Crippen molar-refractivity contribution in [3.8, 4) is 17.0 Å². The lowest BCUT2D eigenvalue weighted by molar-refractivity contribution is -0.00000389. The van der Waals surface area contributed by atoms with Crippen LogP contribution in [0.5, 0.6) is 5.75 Å². The minimum atomic E-state index is 0. The molecule has 2 N–H and O–H groups in total. The van der Waals surface area contributed by atoms with Gasteiger partial charge in [0, 0.05) is 10.4 Å². The molecule has 0 saturated carbocycles. The third kappa shape index (κ3) is 3.20. The summed E-state index contributed by atoms with van der Waals surface area (Å²) in [7, 11) is 0. The maximum absolute atomic E-state index is 5.68. The molecule has 0 unspecified atom stereocenters. The Balaban J connectivity index is 0.00000144. The summed E-state index contributed by atoms with van der Waals surface area (Å²) >= 11 is 1.51. The number of anilines is 1. The third-order valence-corrected chi connectivity index (χ3v) is 3.05. The second-order valence-electron chi connectivity index (χ2n) is 3.41. The second-order valence-corrected chi connectivity index (χ2v) is 4.65. The van der Waals surface area contributed by atoms with E-state index in [4.69, 9.17) is 10.5 Å². The standard InChI is InChI=1S/C12H14N2OS.BrH/c1-3-15-10-6-4-9(5-7-10)11-8(2)16-12(13)14-11;/h4-7H,3H2,1-2H3,(H2,13,14);1H/p-1. The van der Waals surface area contributed by atoms with E-state index in [9.17, 15) is 0 Å². The number of hydrogen-bond acceptors (Lipinski definition) is 4. The van der Waals surface area contributed by atoms with Crippen LogP contribution in [0.2, 0.25) is 0 Å². The molecule has 0 radical (unpaired) electrons. The van der Waals surface area contributed by atoms with Crippen LogP contribution in [-0.4, -0.2) is 11.6 Å². The molecule has 0 spiro atoms. The van der Waals surface area contributed by atoms with Gasteiger partial charge in [-0.1, -0.05) is 0 Å². The van der Waals surface area contributed by atoms with Crippen LogP contribution in [0.15, 0.2) is 24.3 Å². The van der Waals surface area contributed by atoms with Gasteiger partial charge in [0.25, 0.3) is 0 Å². The number of hydrogen-bond donors (Lipinski definition) is 1. The fourth-order valence-corrected chi connectivity index (χ4v) is 2.27. The van der Waals surface area contributed by atoms with Crippen LogP contribution in [-0.2, 0) is 0 Å². The number of nitrogens with zero attached hydrogens (tertiary/aromatic N) is 1. The van der Waals surface area contributed by atoms with Crippen molar-refractivity contribution in [3.05, 3.63) is 29.1 Å². The van der Waals surface area contributed by atoms with E-state index in [1.807, 2.05) is 38.1 Å². The molecule has 92 valence electrons. The van der Waals surface area contributed by atoms with Crippen LogP contribution in [0.1, 0.15) is 11.8 Å². The number of aromatic nitrogens is 1. The molecular weight excluding hydrogens is 300 g/mol. The topological polar surface area (TPSA) is 48.1 Å². The molecular formula is C12H14BrN2OS-. The van der Waals surface area contributed by atoms with Crippen LogP contribution in [0.3, 0.4) is 0 Å². The van der Waals surface area contributed by atoms with Crippen molar-refractivity contribution in [2.24, 2.45) is 0 Å². The Morgan fingerprint density at radius 2 is 1.94 bits per heavy atom. The molecule has 17 heavy (non-hydrogen) atoms. The van der Waals surface area contributed by atoms with E-state index < -0.39 is 0 Å². The first-order valence-electron chi connectivity index (χ1n) is 5.17. The highest BCUT2D eigenvalue weighted by atomic mass is 79.9. The van der Waals surface area contributed by atoms with Crippen molar-refractivity contribution < 1.29 is 21.7 Å². The lowest BCUT2D eigenvalue weighted by Crippen LogP contribution is -3.00. The molecule has 1 heterocycles. The molecule has 2 rings (SSSR count). The van der Waals surface area contributed by atoms with E-state index in [-0.39, 0.29) is 17.0 Å². The number of thiazole rings is 1. The predicted molar refractivity (Wildman–Crippen MR) is 67.9 cm³/mol. The van der Waals surface area contributed by atoms with Gasteiger partial charge in [-0.15, -0.1) is 11.3 Å². The molecule has 0 saturated heterocycles. The summed E-state index contributed by atoms with van der Waals surface area (Å²) in [5.74, 6) is 0.882. The Hall–Kier alpha value is -1.07. The molecule has 1 aromatic carbocycles. The molecule has 0 bridgehead atoms. The zero-order chi connectivity index (χ0) is 11.5. The summed E-state index contributed by atoms with van der Waals surface area (Å²) < 4.78 is 5.39. The van der Waals surface area contributed by atoms with Gasteiger partial charge >= 0.3 is 0 Å². The fraction of sp³-hybridized carbons (Fsp3) is 0.250. The molecule has 0 fully saturated rings. The van der Waals surface area contributed by atoms with Gasteiger partial charge in [0.05, 0.1) is 12.3 Å². The molecule has 1 aromatic heterocycles. The van der Waals surface area contributed by atoms with Crippen molar-refractivity contribution >= 4 is 16.5 Å². The monoisotopic (exact) mass is 313 g/mol. The van der Waals surface area contributed by atoms with E-state index in [1.165, 1.54) is 11.3 Å². The SMILES string of the molecule is CCOc1ccc(-c2nc(N)sc2C)cc1.[Br-]. The van der Waals surface area contributed by atoms with Crippen LogP contribution in [0.4, 0.5) is 5.13 Å². The van der Waals surface area contributed by atoms with E-state index in [1.54, 1.807) is 0 Å². The lowest BCUT2D eigenvalue weighted by Gasteiger charge is -2.03. The number of nitrogen functional groups attached to an aromatic ring is 1. The molecule has 0 amide bonds. The van der Waals surface area contributed by atoms with Crippen molar-refractivity contribution in [2.45, 2.75) is 13.8 Å². The maximum Gasteiger partial charge on any atom is 0.180 e. The lowest BCUT2D eigenvalue weighted by atomic mass is 10.1. The predicted octanol–water partition coefficient (Wildman–Crippen LogP) is 0.103. The highest BCUT2D eigenvalue weighted by molar-refractivity contribution is 7.15. The number of benzene rings is 1. The molecule has 0 aliphatic carbocycles. The maximum atomic E-state index is 5.68. The Morgan fingerprint density at radius 3 is 2.41 bits per heavy atom. The first-order valence-corrected chi connectivity index (χ1v) is 5.98. The van der Waals surface area contributed by atoms with Gasteiger partial charge in [-0.3, -0.25) is 0 Å². The van der Waals surface area contributed by atoms with Gasteiger partial charge in [-0.05, 0) is 38.1 Å². The molecule has 0 aliphatic rings. The minimum absolute atomic E-state index is 0. The quantitative estimate of drug-likeness (QED) is 0.874. The highest BCUT2D eigenvalue weighted by Crippen LogP contribution is 2.29. The zero-order valence-corrected chi connectivity index (χ0v) is 12.1. The van der Waals surface area contributed by atoms with Crippen molar-refractivity contribution in [1.82, 2.24) is 4.98 Å². The van der Waals surface area contributed by atoms with Crippen LogP contribution in [0, 0.1) is 6.92 Å². The number of rotatable bonds is 3. The Labute approximate surface area is 115 Å². The first-order chi connectivity index (χ1) is 7.70. The van der Waals surface area contributed by atoms with Gasteiger partial charge in [0.15, 0.2) is 5.13 Å². The average Bonchev–Trinajstić information content (AvgIpc) is 2.59. The Kier molecular flexibility index (Phi) is 4.96. The average molecular weight is 314 g/mol. The molecule has 5 heteroatoms. The van der Waals surface area contributed by atoms with E-state index in [0.29, 0.717) is 11.7 Å². The van der Waals surface area contributed by atoms with E-state index in [2.05, 4.69) is 4.98 Å². The largest absolute Gasteiger partial charge is 1.00 e. The van der Waals surface area contributed by atoms with Gasteiger partial charge in [-0.2, -0.15) is 0 Å². The van der Waals surface area contributed by atoms with E-state index >= 15 is 0 Å². The summed E-state index contributed by atoms with van der Waals surface area (Å²) in [6.45, 7) is 4.68. The van der Waals surface area contributed by atoms with Gasteiger partial charge in [-0.25, -0.2) is 4.98 Å². The number of ether oxygens (including phenoxy) is 1. The second kappa shape index (κ2) is 6.02. The summed E-state index contributed by atoms with van der Waals surface area (Å²) in [6, 6.07) is 7.92. The summed E-state index contributed by atoms with van der Waals surface area (Å²) in [6.07, 6.45) is 0. The normalized spacial score (nSPS) is 9.76. The van der Waals surface area contributed by atoms with Crippen LogP contribution >= 0.6 is 11.3 Å². The van der Waals surface area contributed by atoms with Crippen LogP contribution in [0.25, 0.3) is 11.3 Å². The number of aryl methyl sites for hydroxylation is 1. The van der Waals surface area contributed by atoms with Crippen molar-refractivity contribution in [2.75, 3.05) is 12.3 Å². The zero-order valence-electron chi connectivity index (χ0n) is 9.74. The molecule has 3 nitrogen and oxygen atoms in total. The third-order valence-electron chi connectivity index (χ3n) is 2.25. The van der Waals surface area contributed by atoms with Gasteiger partial charge in [0.2, 0.25) is 0 Å². The number of nitrogens with two attached hydrogens (primary N) is 1. The number of halogens is 1. The molecule has 0 atom stereocenters. The van der Waals surface area contributed by atoms with Crippen molar-refractivity contribution in [1.29, 1.82) is 0 Å². The van der Waals surface area contributed by atoms with E-state index in [0.717, 1.165) is 21.9 Å². The van der Waals surface area contributed by atoms with Crippen molar-refractivity contribution in [3.63, 3.8) is 0 Å².